The van der Waals surface area contributed by atoms with Crippen LogP contribution in [-0.2, 0) is 6.54 Å². The first-order valence-electron chi connectivity index (χ1n) is 6.15. The SMILES string of the molecule is CCC(CC)N(C)Cc1ccc(OC)c(Br)c1. The molecule has 1 aromatic rings. The van der Waals surface area contributed by atoms with Gasteiger partial charge < -0.3 is 4.74 Å². The third-order valence-corrected chi connectivity index (χ3v) is 3.83. The molecule has 0 aliphatic carbocycles. The third kappa shape index (κ3) is 4.00. The molecule has 0 radical (unpaired) electrons. The molecule has 0 N–H and O–H groups in total. The van der Waals surface area contributed by atoms with Crippen molar-refractivity contribution in [2.24, 2.45) is 0 Å². The average Bonchev–Trinajstić information content (AvgIpc) is 2.31. The van der Waals surface area contributed by atoms with E-state index in [1.807, 2.05) is 6.07 Å². The van der Waals surface area contributed by atoms with Gasteiger partial charge in [0.1, 0.15) is 5.75 Å². The number of halogens is 1. The zero-order chi connectivity index (χ0) is 12.8. The molecule has 1 aromatic carbocycles. The molecule has 0 aromatic heterocycles. The van der Waals surface area contributed by atoms with E-state index in [2.05, 4.69) is 53.9 Å². The van der Waals surface area contributed by atoms with E-state index in [0.29, 0.717) is 6.04 Å². The van der Waals surface area contributed by atoms with E-state index >= 15 is 0 Å². The van der Waals surface area contributed by atoms with Gasteiger partial charge in [0.25, 0.3) is 0 Å². The zero-order valence-corrected chi connectivity index (χ0v) is 12.8. The van der Waals surface area contributed by atoms with Crippen LogP contribution in [0.25, 0.3) is 0 Å². The van der Waals surface area contributed by atoms with E-state index in [-0.39, 0.29) is 0 Å². The first kappa shape index (κ1) is 14.5. The van der Waals surface area contributed by atoms with Crippen molar-refractivity contribution in [1.29, 1.82) is 0 Å². The van der Waals surface area contributed by atoms with E-state index in [1.54, 1.807) is 7.11 Å². The molecule has 0 aliphatic rings. The summed E-state index contributed by atoms with van der Waals surface area (Å²) in [6, 6.07) is 6.94. The highest BCUT2D eigenvalue weighted by atomic mass is 79.9. The summed E-state index contributed by atoms with van der Waals surface area (Å²) >= 11 is 3.52. The Morgan fingerprint density at radius 1 is 1.29 bits per heavy atom. The molecular formula is C14H22BrNO. The van der Waals surface area contributed by atoms with Gasteiger partial charge in [-0.05, 0) is 53.5 Å². The molecule has 2 nitrogen and oxygen atoms in total. The first-order chi connectivity index (χ1) is 8.12. The highest BCUT2D eigenvalue weighted by molar-refractivity contribution is 9.10. The molecule has 0 aliphatic heterocycles. The highest BCUT2D eigenvalue weighted by Gasteiger charge is 2.11. The second kappa shape index (κ2) is 7.02. The Kier molecular flexibility index (Phi) is 6.00. The molecule has 96 valence electrons. The summed E-state index contributed by atoms with van der Waals surface area (Å²) < 4.78 is 6.26. The second-order valence-electron chi connectivity index (χ2n) is 4.35. The summed E-state index contributed by atoms with van der Waals surface area (Å²) in [7, 11) is 3.88. The van der Waals surface area contributed by atoms with Crippen molar-refractivity contribution in [3.63, 3.8) is 0 Å². The number of benzene rings is 1. The van der Waals surface area contributed by atoms with Gasteiger partial charge in [-0.3, -0.25) is 4.90 Å². The Morgan fingerprint density at radius 3 is 2.41 bits per heavy atom. The molecule has 0 atom stereocenters. The van der Waals surface area contributed by atoms with Crippen molar-refractivity contribution in [3.8, 4) is 5.75 Å². The Hall–Kier alpha value is -0.540. The van der Waals surface area contributed by atoms with Gasteiger partial charge in [-0.1, -0.05) is 19.9 Å². The third-order valence-electron chi connectivity index (χ3n) is 3.21. The Labute approximate surface area is 113 Å². The van der Waals surface area contributed by atoms with Crippen molar-refractivity contribution in [1.82, 2.24) is 4.90 Å². The maximum atomic E-state index is 5.23. The van der Waals surface area contributed by atoms with E-state index in [1.165, 1.54) is 18.4 Å². The quantitative estimate of drug-likeness (QED) is 0.785. The number of ether oxygens (including phenoxy) is 1. The molecule has 0 amide bonds. The first-order valence-corrected chi connectivity index (χ1v) is 6.94. The van der Waals surface area contributed by atoms with Gasteiger partial charge in [-0.15, -0.1) is 0 Å². The highest BCUT2D eigenvalue weighted by Crippen LogP contribution is 2.26. The number of methoxy groups -OCH3 is 1. The summed E-state index contributed by atoms with van der Waals surface area (Å²) in [6.45, 7) is 5.47. The average molecular weight is 300 g/mol. The van der Waals surface area contributed by atoms with Crippen LogP contribution < -0.4 is 4.74 Å². The molecule has 0 unspecified atom stereocenters. The van der Waals surface area contributed by atoms with Gasteiger partial charge in [0, 0.05) is 12.6 Å². The lowest BCUT2D eigenvalue weighted by Gasteiger charge is -2.26. The minimum Gasteiger partial charge on any atom is -0.496 e. The summed E-state index contributed by atoms with van der Waals surface area (Å²) in [6.07, 6.45) is 2.40. The smallest absolute Gasteiger partial charge is 0.133 e. The maximum Gasteiger partial charge on any atom is 0.133 e. The Balaban J connectivity index is 2.71. The minimum absolute atomic E-state index is 0.663. The summed E-state index contributed by atoms with van der Waals surface area (Å²) in [5, 5.41) is 0. The predicted octanol–water partition coefficient (Wildman–Crippen LogP) is 4.08. The molecular weight excluding hydrogens is 278 g/mol. The number of nitrogens with zero attached hydrogens (tertiary/aromatic N) is 1. The molecule has 0 saturated heterocycles. The fourth-order valence-corrected chi connectivity index (χ4v) is 2.73. The van der Waals surface area contributed by atoms with Crippen LogP contribution in [0.15, 0.2) is 22.7 Å². The van der Waals surface area contributed by atoms with E-state index in [4.69, 9.17) is 4.74 Å². The number of rotatable bonds is 6. The molecule has 0 heterocycles. The number of hydrogen-bond acceptors (Lipinski definition) is 2. The van der Waals surface area contributed by atoms with Crippen molar-refractivity contribution in [2.45, 2.75) is 39.3 Å². The van der Waals surface area contributed by atoms with Crippen LogP contribution in [0.1, 0.15) is 32.3 Å². The topological polar surface area (TPSA) is 12.5 Å². The molecule has 17 heavy (non-hydrogen) atoms. The van der Waals surface area contributed by atoms with Crippen LogP contribution in [0.3, 0.4) is 0 Å². The monoisotopic (exact) mass is 299 g/mol. The fraction of sp³-hybridized carbons (Fsp3) is 0.571. The van der Waals surface area contributed by atoms with Gasteiger partial charge in [0.15, 0.2) is 0 Å². The van der Waals surface area contributed by atoms with Gasteiger partial charge in [-0.25, -0.2) is 0 Å². The summed E-state index contributed by atoms with van der Waals surface area (Å²) in [5.41, 5.74) is 1.31. The molecule has 3 heteroatoms. The largest absolute Gasteiger partial charge is 0.496 e. The van der Waals surface area contributed by atoms with E-state index < -0.39 is 0 Å². The Morgan fingerprint density at radius 2 is 1.94 bits per heavy atom. The van der Waals surface area contributed by atoms with Crippen LogP contribution in [0.2, 0.25) is 0 Å². The zero-order valence-electron chi connectivity index (χ0n) is 11.2. The molecule has 0 fully saturated rings. The van der Waals surface area contributed by atoms with Crippen molar-refractivity contribution in [3.05, 3.63) is 28.2 Å². The van der Waals surface area contributed by atoms with Crippen molar-refractivity contribution in [2.75, 3.05) is 14.2 Å². The normalized spacial score (nSPS) is 11.2. The summed E-state index contributed by atoms with van der Waals surface area (Å²) in [4.78, 5) is 2.41. The predicted molar refractivity (Wildman–Crippen MR) is 76.5 cm³/mol. The van der Waals surface area contributed by atoms with Crippen LogP contribution in [0, 0.1) is 0 Å². The van der Waals surface area contributed by atoms with E-state index in [9.17, 15) is 0 Å². The summed E-state index contributed by atoms with van der Waals surface area (Å²) in [5.74, 6) is 0.888. The minimum atomic E-state index is 0.663. The van der Waals surface area contributed by atoms with Crippen molar-refractivity contribution < 1.29 is 4.74 Å². The Bertz CT molecular complexity index is 350. The van der Waals surface area contributed by atoms with Crippen LogP contribution >= 0.6 is 15.9 Å². The molecule has 0 saturated carbocycles. The van der Waals surface area contributed by atoms with Gasteiger partial charge in [-0.2, -0.15) is 0 Å². The van der Waals surface area contributed by atoms with Gasteiger partial charge >= 0.3 is 0 Å². The second-order valence-corrected chi connectivity index (χ2v) is 5.21. The maximum absolute atomic E-state index is 5.23. The van der Waals surface area contributed by atoms with E-state index in [0.717, 1.165) is 16.8 Å². The molecule has 0 bridgehead atoms. The fourth-order valence-electron chi connectivity index (χ4n) is 2.14. The van der Waals surface area contributed by atoms with Gasteiger partial charge in [0.05, 0.1) is 11.6 Å². The number of hydrogen-bond donors (Lipinski definition) is 0. The van der Waals surface area contributed by atoms with Crippen LogP contribution in [0.4, 0.5) is 0 Å². The molecule has 0 spiro atoms. The lowest BCUT2D eigenvalue weighted by atomic mass is 10.1. The van der Waals surface area contributed by atoms with Gasteiger partial charge in [0.2, 0.25) is 0 Å². The lowest BCUT2D eigenvalue weighted by molar-refractivity contribution is 0.221. The van der Waals surface area contributed by atoms with Crippen LogP contribution in [-0.4, -0.2) is 25.1 Å². The standard InChI is InChI=1S/C14H22BrNO/c1-5-12(6-2)16(3)10-11-7-8-14(17-4)13(15)9-11/h7-9,12H,5-6,10H2,1-4H3. The van der Waals surface area contributed by atoms with Crippen LogP contribution in [0.5, 0.6) is 5.75 Å². The lowest BCUT2D eigenvalue weighted by Crippen LogP contribution is -2.29. The van der Waals surface area contributed by atoms with Crippen molar-refractivity contribution >= 4 is 15.9 Å². The molecule has 1 rings (SSSR count).